The van der Waals surface area contributed by atoms with Gasteiger partial charge in [-0.1, -0.05) is 12.1 Å². The van der Waals surface area contributed by atoms with Crippen LogP contribution in [0, 0.1) is 5.82 Å². The van der Waals surface area contributed by atoms with Gasteiger partial charge in [0.2, 0.25) is 5.91 Å². The topological polar surface area (TPSA) is 67.4 Å². The van der Waals surface area contributed by atoms with Crippen molar-refractivity contribution in [3.05, 3.63) is 59.4 Å². The average molecular weight is 344 g/mol. The second-order valence-corrected chi connectivity index (χ2v) is 6.04. The van der Waals surface area contributed by atoms with Gasteiger partial charge in [0, 0.05) is 32.8 Å². The molecule has 0 aliphatic carbocycles. The quantitative estimate of drug-likeness (QED) is 0.896. The van der Waals surface area contributed by atoms with Crippen LogP contribution in [0.1, 0.15) is 30.1 Å². The number of aromatic nitrogens is 2. The van der Waals surface area contributed by atoms with Crippen LogP contribution in [-0.2, 0) is 22.6 Å². The third-order valence-corrected chi connectivity index (χ3v) is 3.98. The second-order valence-electron chi connectivity index (χ2n) is 6.04. The van der Waals surface area contributed by atoms with Crippen molar-refractivity contribution in [2.24, 2.45) is 0 Å². The Hall–Kier alpha value is -2.38. The van der Waals surface area contributed by atoms with Crippen molar-refractivity contribution >= 4 is 5.91 Å². The van der Waals surface area contributed by atoms with Crippen LogP contribution in [0.5, 0.6) is 0 Å². The van der Waals surface area contributed by atoms with Gasteiger partial charge < -0.3 is 10.1 Å². The molecule has 2 heterocycles. The Balaban J connectivity index is 1.64. The van der Waals surface area contributed by atoms with E-state index in [9.17, 15) is 9.18 Å². The maximum absolute atomic E-state index is 13.3. The number of nitrogens with zero attached hydrogens (tertiary/aromatic N) is 3. The van der Waals surface area contributed by atoms with Crippen molar-refractivity contribution < 1.29 is 13.9 Å². The number of ether oxygens (including phenoxy) is 1. The highest BCUT2D eigenvalue weighted by Gasteiger charge is 2.24. The number of amides is 1. The molecule has 7 heteroatoms. The lowest BCUT2D eigenvalue weighted by molar-refractivity contribution is -0.119. The molecule has 3 rings (SSSR count). The largest absolute Gasteiger partial charge is 0.368 e. The lowest BCUT2D eigenvalue weighted by Gasteiger charge is -2.32. The van der Waals surface area contributed by atoms with Crippen LogP contribution >= 0.6 is 0 Å². The molecular weight excluding hydrogens is 323 g/mol. The van der Waals surface area contributed by atoms with Crippen molar-refractivity contribution in [3.8, 4) is 0 Å². The van der Waals surface area contributed by atoms with Gasteiger partial charge in [-0.25, -0.2) is 14.4 Å². The van der Waals surface area contributed by atoms with Crippen LogP contribution in [0.4, 0.5) is 4.39 Å². The highest BCUT2D eigenvalue weighted by atomic mass is 19.1. The Morgan fingerprint density at radius 1 is 1.44 bits per heavy atom. The third kappa shape index (κ3) is 5.04. The van der Waals surface area contributed by atoms with E-state index in [4.69, 9.17) is 4.74 Å². The van der Waals surface area contributed by atoms with Crippen molar-refractivity contribution in [1.82, 2.24) is 20.2 Å². The van der Waals surface area contributed by atoms with E-state index in [0.29, 0.717) is 32.1 Å². The highest BCUT2D eigenvalue weighted by Crippen LogP contribution is 2.21. The molecule has 1 aliphatic heterocycles. The Morgan fingerprint density at radius 2 is 2.32 bits per heavy atom. The third-order valence-electron chi connectivity index (χ3n) is 3.98. The van der Waals surface area contributed by atoms with Crippen LogP contribution in [0.25, 0.3) is 0 Å². The summed E-state index contributed by atoms with van der Waals surface area (Å²) in [6, 6.07) is 8.40. The van der Waals surface area contributed by atoms with Crippen molar-refractivity contribution in [1.29, 1.82) is 0 Å². The molecule has 2 aromatic rings. The van der Waals surface area contributed by atoms with Gasteiger partial charge in [0.15, 0.2) is 5.82 Å². The molecule has 1 amide bonds. The second kappa shape index (κ2) is 8.13. The minimum atomic E-state index is -0.236. The summed E-state index contributed by atoms with van der Waals surface area (Å²) in [7, 11) is 0. The molecule has 0 unspecified atom stereocenters. The SMILES string of the molecule is CC(=O)NCc1ccnc([C@H]2CN(Cc3cccc(F)c3)CCO2)n1. The first-order chi connectivity index (χ1) is 12.1. The van der Waals surface area contributed by atoms with Gasteiger partial charge in [0.25, 0.3) is 0 Å². The van der Waals surface area contributed by atoms with E-state index in [1.54, 1.807) is 24.4 Å². The fraction of sp³-hybridized carbons (Fsp3) is 0.389. The molecule has 0 radical (unpaired) electrons. The summed E-state index contributed by atoms with van der Waals surface area (Å²) in [4.78, 5) is 22.0. The van der Waals surface area contributed by atoms with Crippen molar-refractivity contribution in [2.75, 3.05) is 19.7 Å². The Bertz CT molecular complexity index is 741. The molecular formula is C18H21FN4O2. The van der Waals surface area contributed by atoms with Gasteiger partial charge in [-0.15, -0.1) is 0 Å². The minimum absolute atomic E-state index is 0.102. The standard InChI is InChI=1S/C18H21FN4O2/c1-13(24)21-10-16-5-6-20-18(22-16)17-12-23(7-8-25-17)11-14-3-2-4-15(19)9-14/h2-6,9,17H,7-8,10-12H2,1H3,(H,21,24)/t17-/m1/s1. The van der Waals surface area contributed by atoms with E-state index in [1.165, 1.54) is 13.0 Å². The van der Waals surface area contributed by atoms with Crippen LogP contribution in [0.2, 0.25) is 0 Å². The van der Waals surface area contributed by atoms with Crippen LogP contribution < -0.4 is 5.32 Å². The van der Waals surface area contributed by atoms with Gasteiger partial charge in [0.1, 0.15) is 11.9 Å². The van der Waals surface area contributed by atoms with Gasteiger partial charge in [0.05, 0.1) is 18.8 Å². The maximum atomic E-state index is 13.3. The first kappa shape index (κ1) is 17.4. The van der Waals surface area contributed by atoms with Crippen molar-refractivity contribution in [2.45, 2.75) is 26.1 Å². The van der Waals surface area contributed by atoms with Crippen molar-refractivity contribution in [3.63, 3.8) is 0 Å². The lowest BCUT2D eigenvalue weighted by atomic mass is 10.1. The molecule has 1 aliphatic rings. The molecule has 132 valence electrons. The zero-order chi connectivity index (χ0) is 17.6. The molecule has 1 N–H and O–H groups in total. The number of halogens is 1. The molecule has 1 aromatic carbocycles. The van der Waals surface area contributed by atoms with Gasteiger partial charge >= 0.3 is 0 Å². The molecule has 0 saturated carbocycles. The number of hydrogen-bond donors (Lipinski definition) is 1. The Labute approximate surface area is 146 Å². The summed E-state index contributed by atoms with van der Waals surface area (Å²) in [5, 5.41) is 2.72. The molecule has 25 heavy (non-hydrogen) atoms. The predicted molar refractivity (Wildman–Crippen MR) is 89.9 cm³/mol. The van der Waals surface area contributed by atoms with E-state index in [0.717, 1.165) is 17.8 Å². The molecule has 0 spiro atoms. The first-order valence-corrected chi connectivity index (χ1v) is 8.25. The monoisotopic (exact) mass is 344 g/mol. The summed E-state index contributed by atoms with van der Waals surface area (Å²) in [6.07, 6.45) is 1.44. The normalized spacial score (nSPS) is 18.1. The van der Waals surface area contributed by atoms with E-state index in [2.05, 4.69) is 20.2 Å². The molecule has 1 fully saturated rings. The highest BCUT2D eigenvalue weighted by molar-refractivity contribution is 5.72. The number of nitrogens with one attached hydrogen (secondary N) is 1. The first-order valence-electron chi connectivity index (χ1n) is 8.25. The maximum Gasteiger partial charge on any atom is 0.217 e. The van der Waals surface area contributed by atoms with E-state index >= 15 is 0 Å². The van der Waals surface area contributed by atoms with E-state index in [1.807, 2.05) is 6.07 Å². The summed E-state index contributed by atoms with van der Waals surface area (Å²) in [5.41, 5.74) is 1.67. The number of hydrogen-bond acceptors (Lipinski definition) is 5. The summed E-state index contributed by atoms with van der Waals surface area (Å²) in [6.45, 7) is 4.47. The molecule has 6 nitrogen and oxygen atoms in total. The average Bonchev–Trinajstić information content (AvgIpc) is 2.60. The van der Waals surface area contributed by atoms with E-state index in [-0.39, 0.29) is 17.8 Å². The number of morpholine rings is 1. The number of carbonyl (C=O) groups is 1. The Kier molecular flexibility index (Phi) is 5.67. The summed E-state index contributed by atoms with van der Waals surface area (Å²) < 4.78 is 19.2. The Morgan fingerprint density at radius 3 is 3.12 bits per heavy atom. The smallest absolute Gasteiger partial charge is 0.217 e. The summed E-state index contributed by atoms with van der Waals surface area (Å²) in [5.74, 6) is 0.276. The molecule has 1 atom stereocenters. The molecule has 1 saturated heterocycles. The number of benzene rings is 1. The number of rotatable bonds is 5. The molecule has 1 aromatic heterocycles. The molecule has 0 bridgehead atoms. The van der Waals surface area contributed by atoms with Crippen LogP contribution in [0.15, 0.2) is 36.5 Å². The summed E-state index contributed by atoms with van der Waals surface area (Å²) >= 11 is 0. The minimum Gasteiger partial charge on any atom is -0.368 e. The predicted octanol–water partition coefficient (Wildman–Crippen LogP) is 1.83. The van der Waals surface area contributed by atoms with Gasteiger partial charge in [-0.3, -0.25) is 9.69 Å². The van der Waals surface area contributed by atoms with Gasteiger partial charge in [-0.05, 0) is 23.8 Å². The van der Waals surface area contributed by atoms with Crippen LogP contribution in [0.3, 0.4) is 0 Å². The lowest BCUT2D eigenvalue weighted by Crippen LogP contribution is -2.38. The van der Waals surface area contributed by atoms with Gasteiger partial charge in [-0.2, -0.15) is 0 Å². The zero-order valence-electron chi connectivity index (χ0n) is 14.1. The number of carbonyl (C=O) groups excluding carboxylic acids is 1. The fourth-order valence-corrected chi connectivity index (χ4v) is 2.78. The zero-order valence-corrected chi connectivity index (χ0v) is 14.1. The van der Waals surface area contributed by atoms with E-state index < -0.39 is 0 Å². The fourth-order valence-electron chi connectivity index (χ4n) is 2.78. The van der Waals surface area contributed by atoms with Crippen LogP contribution in [-0.4, -0.2) is 40.5 Å².